The van der Waals surface area contributed by atoms with Crippen molar-refractivity contribution >= 4 is 17.5 Å². The van der Waals surface area contributed by atoms with Gasteiger partial charge in [0.1, 0.15) is 5.75 Å². The van der Waals surface area contributed by atoms with Crippen LogP contribution >= 0.6 is 0 Å². The summed E-state index contributed by atoms with van der Waals surface area (Å²) in [5.74, 6) is 0.0300. The molecule has 2 aromatic carbocycles. The normalized spacial score (nSPS) is 10.0. The van der Waals surface area contributed by atoms with Gasteiger partial charge in [0.25, 0.3) is 5.91 Å². The second kappa shape index (κ2) is 9.32. The molecule has 2 amide bonds. The summed E-state index contributed by atoms with van der Waals surface area (Å²) in [5, 5.41) is 5.30. The fourth-order valence-electron chi connectivity index (χ4n) is 2.07. The number of nitrogens with one attached hydrogen (secondary N) is 2. The smallest absolute Gasteiger partial charge is 0.258 e. The maximum absolute atomic E-state index is 11.8. The SMILES string of the molecule is CN(C)c1ccc(CNC(=O)CNC(=O)COc2ccccc2)cc1. The minimum atomic E-state index is -0.339. The van der Waals surface area contributed by atoms with Crippen LogP contribution in [0.5, 0.6) is 5.75 Å². The van der Waals surface area contributed by atoms with Crippen LogP contribution in [-0.2, 0) is 16.1 Å². The molecule has 2 rings (SSSR count). The van der Waals surface area contributed by atoms with E-state index in [-0.39, 0.29) is 25.0 Å². The van der Waals surface area contributed by atoms with E-state index in [1.807, 2.05) is 61.5 Å². The van der Waals surface area contributed by atoms with E-state index >= 15 is 0 Å². The van der Waals surface area contributed by atoms with Crippen LogP contribution in [0.25, 0.3) is 0 Å². The quantitative estimate of drug-likeness (QED) is 0.764. The van der Waals surface area contributed by atoms with Crippen molar-refractivity contribution in [2.24, 2.45) is 0 Å². The summed E-state index contributed by atoms with van der Waals surface area (Å²) < 4.78 is 5.31. The van der Waals surface area contributed by atoms with Crippen LogP contribution in [0.1, 0.15) is 5.56 Å². The highest BCUT2D eigenvalue weighted by Crippen LogP contribution is 2.11. The molecule has 0 aliphatic heterocycles. The summed E-state index contributed by atoms with van der Waals surface area (Å²) >= 11 is 0. The molecule has 2 N–H and O–H groups in total. The number of amides is 2. The third-order valence-corrected chi connectivity index (χ3v) is 3.50. The molecular weight excluding hydrogens is 318 g/mol. The van der Waals surface area contributed by atoms with E-state index in [1.54, 1.807) is 12.1 Å². The molecule has 0 saturated carbocycles. The number of nitrogens with zero attached hydrogens (tertiary/aromatic N) is 1. The van der Waals surface area contributed by atoms with Crippen molar-refractivity contribution in [1.29, 1.82) is 0 Å². The number of ether oxygens (including phenoxy) is 1. The summed E-state index contributed by atoms with van der Waals surface area (Å²) in [6.45, 7) is 0.221. The highest BCUT2D eigenvalue weighted by Gasteiger charge is 2.06. The van der Waals surface area contributed by atoms with Gasteiger partial charge in [-0.1, -0.05) is 30.3 Å². The first-order valence-corrected chi connectivity index (χ1v) is 8.02. The largest absolute Gasteiger partial charge is 0.484 e. The van der Waals surface area contributed by atoms with Crippen molar-refractivity contribution < 1.29 is 14.3 Å². The van der Waals surface area contributed by atoms with Crippen LogP contribution in [-0.4, -0.2) is 39.1 Å². The second-order valence-corrected chi connectivity index (χ2v) is 5.72. The number of rotatable bonds is 8. The Balaban J connectivity index is 1.65. The predicted molar refractivity (Wildman–Crippen MR) is 97.6 cm³/mol. The zero-order valence-electron chi connectivity index (χ0n) is 14.5. The van der Waals surface area contributed by atoms with E-state index in [9.17, 15) is 9.59 Å². The van der Waals surface area contributed by atoms with Crippen molar-refractivity contribution in [3.63, 3.8) is 0 Å². The van der Waals surface area contributed by atoms with Crippen LogP contribution in [0.15, 0.2) is 54.6 Å². The lowest BCUT2D eigenvalue weighted by atomic mass is 10.2. The molecule has 0 radical (unpaired) electrons. The number of para-hydroxylation sites is 1. The van der Waals surface area contributed by atoms with Gasteiger partial charge in [-0.15, -0.1) is 0 Å². The number of hydrogen-bond donors (Lipinski definition) is 2. The monoisotopic (exact) mass is 341 g/mol. The van der Waals surface area contributed by atoms with E-state index in [0.717, 1.165) is 11.3 Å². The molecule has 0 heterocycles. The molecule has 0 aliphatic carbocycles. The number of anilines is 1. The van der Waals surface area contributed by atoms with Crippen molar-refractivity contribution in [1.82, 2.24) is 10.6 Å². The second-order valence-electron chi connectivity index (χ2n) is 5.72. The first kappa shape index (κ1) is 18.3. The van der Waals surface area contributed by atoms with Crippen molar-refractivity contribution in [3.05, 3.63) is 60.2 Å². The zero-order chi connectivity index (χ0) is 18.1. The van der Waals surface area contributed by atoms with E-state index in [1.165, 1.54) is 0 Å². The number of hydrogen-bond acceptors (Lipinski definition) is 4. The Morgan fingerprint density at radius 2 is 1.60 bits per heavy atom. The molecular formula is C19H23N3O3. The first-order chi connectivity index (χ1) is 12.0. The Morgan fingerprint density at radius 3 is 2.24 bits per heavy atom. The summed E-state index contributed by atoms with van der Waals surface area (Å²) in [7, 11) is 3.95. The van der Waals surface area contributed by atoms with E-state index in [0.29, 0.717) is 12.3 Å². The van der Waals surface area contributed by atoms with Gasteiger partial charge in [-0.25, -0.2) is 0 Å². The highest BCUT2D eigenvalue weighted by molar-refractivity contribution is 5.85. The minimum absolute atomic E-state index is 0.0766. The van der Waals surface area contributed by atoms with Crippen LogP contribution < -0.4 is 20.3 Å². The summed E-state index contributed by atoms with van der Waals surface area (Å²) in [6.07, 6.45) is 0. The molecule has 25 heavy (non-hydrogen) atoms. The van der Waals surface area contributed by atoms with Crippen LogP contribution in [0.4, 0.5) is 5.69 Å². The Labute approximate surface area is 147 Å². The molecule has 0 aliphatic rings. The minimum Gasteiger partial charge on any atom is -0.484 e. The lowest BCUT2D eigenvalue weighted by Crippen LogP contribution is -2.38. The lowest BCUT2D eigenvalue weighted by molar-refractivity contribution is -0.127. The van der Waals surface area contributed by atoms with Crippen LogP contribution in [0.2, 0.25) is 0 Å². The Morgan fingerprint density at radius 1 is 0.920 bits per heavy atom. The van der Waals surface area contributed by atoms with Crippen LogP contribution in [0, 0.1) is 0 Å². The molecule has 0 aromatic heterocycles. The zero-order valence-corrected chi connectivity index (χ0v) is 14.5. The van der Waals surface area contributed by atoms with Gasteiger partial charge in [-0.2, -0.15) is 0 Å². The van der Waals surface area contributed by atoms with Gasteiger partial charge in [-0.3, -0.25) is 9.59 Å². The third-order valence-electron chi connectivity index (χ3n) is 3.50. The van der Waals surface area contributed by atoms with Crippen molar-refractivity contribution in [2.45, 2.75) is 6.54 Å². The van der Waals surface area contributed by atoms with E-state index < -0.39 is 0 Å². The van der Waals surface area contributed by atoms with Gasteiger partial charge in [0.05, 0.1) is 6.54 Å². The average molecular weight is 341 g/mol. The molecule has 0 saturated heterocycles. The van der Waals surface area contributed by atoms with Gasteiger partial charge >= 0.3 is 0 Å². The van der Waals surface area contributed by atoms with E-state index in [2.05, 4.69) is 10.6 Å². The topological polar surface area (TPSA) is 70.7 Å². The van der Waals surface area contributed by atoms with Gasteiger partial charge < -0.3 is 20.3 Å². The van der Waals surface area contributed by atoms with Gasteiger partial charge in [0, 0.05) is 26.3 Å². The fraction of sp³-hybridized carbons (Fsp3) is 0.263. The number of benzene rings is 2. The summed E-state index contributed by atoms with van der Waals surface area (Å²) in [4.78, 5) is 25.5. The molecule has 2 aromatic rings. The average Bonchev–Trinajstić information content (AvgIpc) is 2.64. The summed E-state index contributed by atoms with van der Waals surface area (Å²) in [6, 6.07) is 16.9. The van der Waals surface area contributed by atoms with Crippen LogP contribution in [0.3, 0.4) is 0 Å². The molecule has 0 bridgehead atoms. The third kappa shape index (κ3) is 6.55. The maximum Gasteiger partial charge on any atom is 0.258 e. The molecule has 0 spiro atoms. The molecule has 0 atom stereocenters. The molecule has 6 nitrogen and oxygen atoms in total. The summed E-state index contributed by atoms with van der Waals surface area (Å²) in [5.41, 5.74) is 2.10. The first-order valence-electron chi connectivity index (χ1n) is 8.02. The Kier molecular flexibility index (Phi) is 6.83. The molecule has 0 fully saturated rings. The van der Waals surface area contributed by atoms with E-state index in [4.69, 9.17) is 4.74 Å². The van der Waals surface area contributed by atoms with Crippen molar-refractivity contribution in [2.75, 3.05) is 32.1 Å². The molecule has 6 heteroatoms. The molecule has 0 unspecified atom stereocenters. The highest BCUT2D eigenvalue weighted by atomic mass is 16.5. The lowest BCUT2D eigenvalue weighted by Gasteiger charge is -2.13. The predicted octanol–water partition coefficient (Wildman–Crippen LogP) is 1.56. The number of carbonyl (C=O) groups is 2. The fourth-order valence-corrected chi connectivity index (χ4v) is 2.07. The maximum atomic E-state index is 11.8. The standard InChI is InChI=1S/C19H23N3O3/c1-22(2)16-10-8-15(9-11-16)12-20-18(23)13-21-19(24)14-25-17-6-4-3-5-7-17/h3-11H,12-14H2,1-2H3,(H,20,23)(H,21,24). The van der Waals surface area contributed by atoms with Gasteiger partial charge in [0.15, 0.2) is 6.61 Å². The van der Waals surface area contributed by atoms with Crippen molar-refractivity contribution in [3.8, 4) is 5.75 Å². The Bertz CT molecular complexity index is 685. The van der Waals surface area contributed by atoms with Gasteiger partial charge in [0.2, 0.25) is 5.91 Å². The Hall–Kier alpha value is -3.02. The van der Waals surface area contributed by atoms with Gasteiger partial charge in [-0.05, 0) is 29.8 Å². The molecule has 132 valence electrons. The number of carbonyl (C=O) groups excluding carboxylic acids is 2.